The molecule has 1 aliphatic rings. The largest absolute Gasteiger partial charge is 0.220 e. The zero-order valence-corrected chi connectivity index (χ0v) is 15.7. The van der Waals surface area contributed by atoms with Crippen LogP contribution in [0.25, 0.3) is 0 Å². The fourth-order valence-electron chi connectivity index (χ4n) is 3.35. The van der Waals surface area contributed by atoms with Gasteiger partial charge in [0.25, 0.3) is 0 Å². The van der Waals surface area contributed by atoms with Gasteiger partial charge in [0.05, 0.1) is 5.25 Å². The first-order valence-electron chi connectivity index (χ1n) is 7.96. The second-order valence-electron chi connectivity index (χ2n) is 8.04. The highest BCUT2D eigenvalue weighted by atomic mass is 32.2. The van der Waals surface area contributed by atoms with E-state index < -0.39 is 15.3 Å². The van der Waals surface area contributed by atoms with Crippen LogP contribution in [0, 0.1) is 0 Å². The van der Waals surface area contributed by atoms with E-state index in [4.69, 9.17) is 0 Å². The molecule has 0 N–H and O–H groups in total. The highest BCUT2D eigenvalue weighted by Gasteiger charge is 2.37. The minimum Gasteiger partial charge on any atom is -0.212 e. The van der Waals surface area contributed by atoms with E-state index in [1.807, 2.05) is 6.07 Å². The lowest BCUT2D eigenvalue weighted by Crippen LogP contribution is -2.34. The summed E-state index contributed by atoms with van der Waals surface area (Å²) >= 11 is 0. The molecular formula is C18H29NO2S. The van der Waals surface area contributed by atoms with Crippen LogP contribution in [0.4, 0.5) is 0 Å². The van der Waals surface area contributed by atoms with Crippen molar-refractivity contribution in [3.8, 4) is 0 Å². The number of sulfonamides is 1. The second-order valence-corrected chi connectivity index (χ2v) is 10.5. The molecule has 0 radical (unpaired) electrons. The Morgan fingerprint density at radius 1 is 1.00 bits per heavy atom. The lowest BCUT2D eigenvalue weighted by molar-refractivity contribution is 0.331. The van der Waals surface area contributed by atoms with Crippen LogP contribution >= 0.6 is 0 Å². The van der Waals surface area contributed by atoms with E-state index in [1.165, 1.54) is 15.4 Å². The van der Waals surface area contributed by atoms with Gasteiger partial charge in [0.15, 0.2) is 0 Å². The minimum atomic E-state index is -3.29. The Bertz CT molecular complexity index is 672. The van der Waals surface area contributed by atoms with E-state index in [-0.39, 0.29) is 10.8 Å². The predicted molar refractivity (Wildman–Crippen MR) is 92.7 cm³/mol. The van der Waals surface area contributed by atoms with Crippen molar-refractivity contribution in [3.05, 3.63) is 34.9 Å². The average Bonchev–Trinajstić information content (AvgIpc) is 2.42. The molecule has 1 atom stereocenters. The van der Waals surface area contributed by atoms with Gasteiger partial charge in [-0.25, -0.2) is 12.7 Å². The van der Waals surface area contributed by atoms with Gasteiger partial charge < -0.3 is 0 Å². The molecule has 1 aromatic carbocycles. The number of hydrogen-bond acceptors (Lipinski definition) is 2. The molecule has 2 rings (SSSR count). The highest BCUT2D eigenvalue weighted by Crippen LogP contribution is 2.46. The molecule has 1 aromatic rings. The third-order valence-corrected chi connectivity index (χ3v) is 7.49. The second kappa shape index (κ2) is 5.34. The number of hydrogen-bond donors (Lipinski definition) is 0. The van der Waals surface area contributed by atoms with Crippen LogP contribution in [-0.2, 0) is 20.9 Å². The lowest BCUT2D eigenvalue weighted by Gasteiger charge is -2.42. The molecule has 0 saturated heterocycles. The molecule has 1 aliphatic carbocycles. The van der Waals surface area contributed by atoms with Crippen LogP contribution in [0.1, 0.15) is 69.4 Å². The maximum atomic E-state index is 12.4. The maximum absolute atomic E-state index is 12.4. The van der Waals surface area contributed by atoms with E-state index >= 15 is 0 Å². The predicted octanol–water partition coefficient (Wildman–Crippen LogP) is 3.99. The molecule has 0 fully saturated rings. The van der Waals surface area contributed by atoms with Crippen molar-refractivity contribution in [3.63, 3.8) is 0 Å². The molecule has 0 unspecified atom stereocenters. The third kappa shape index (κ3) is 2.83. The van der Waals surface area contributed by atoms with Crippen LogP contribution in [0.3, 0.4) is 0 Å². The van der Waals surface area contributed by atoms with Crippen molar-refractivity contribution in [2.24, 2.45) is 0 Å². The van der Waals surface area contributed by atoms with Crippen LogP contribution in [0.15, 0.2) is 18.2 Å². The van der Waals surface area contributed by atoms with E-state index in [0.717, 1.165) is 18.4 Å². The van der Waals surface area contributed by atoms with Gasteiger partial charge in [-0.05, 0) is 47.3 Å². The molecule has 0 saturated carbocycles. The Labute approximate surface area is 135 Å². The Hall–Kier alpha value is -0.870. The van der Waals surface area contributed by atoms with Crippen LogP contribution in [0.5, 0.6) is 0 Å². The molecule has 4 heteroatoms. The van der Waals surface area contributed by atoms with Crippen LogP contribution in [-0.4, -0.2) is 26.8 Å². The summed E-state index contributed by atoms with van der Waals surface area (Å²) in [5, 5.41) is -0.520. The fourth-order valence-corrected chi connectivity index (χ4v) is 4.47. The SMILES string of the molecule is C[C@H](c1ccc2c(c1)C(C)(C)CCC2(C)C)S(=O)(=O)N(C)C. The van der Waals surface area contributed by atoms with Gasteiger partial charge in [0.2, 0.25) is 10.0 Å². The Balaban J connectivity index is 2.56. The smallest absolute Gasteiger partial charge is 0.212 e. The zero-order valence-electron chi connectivity index (χ0n) is 14.9. The van der Waals surface area contributed by atoms with Crippen molar-refractivity contribution in [2.45, 2.75) is 63.5 Å². The molecule has 124 valence electrons. The van der Waals surface area contributed by atoms with Gasteiger partial charge in [-0.2, -0.15) is 0 Å². The summed E-state index contributed by atoms with van der Waals surface area (Å²) < 4.78 is 26.1. The quantitative estimate of drug-likeness (QED) is 0.843. The summed E-state index contributed by atoms with van der Waals surface area (Å²) in [6.07, 6.45) is 2.29. The minimum absolute atomic E-state index is 0.0997. The molecule has 0 amide bonds. The number of rotatable bonds is 3. The first kappa shape index (κ1) is 17.5. The van der Waals surface area contributed by atoms with E-state index in [2.05, 4.69) is 39.8 Å². The molecule has 0 heterocycles. The van der Waals surface area contributed by atoms with Gasteiger partial charge in [-0.1, -0.05) is 45.9 Å². The standard InChI is InChI=1S/C18H29NO2S/c1-13(22(20,21)19(6)7)14-8-9-15-16(12-14)18(4,5)11-10-17(15,2)3/h8-9,12-13H,10-11H2,1-7H3/t13-/m1/s1. The Kier molecular flexibility index (Phi) is 4.25. The van der Waals surface area contributed by atoms with Crippen molar-refractivity contribution < 1.29 is 8.42 Å². The zero-order chi connectivity index (χ0) is 16.9. The van der Waals surface area contributed by atoms with Crippen molar-refractivity contribution in [1.82, 2.24) is 4.31 Å². The lowest BCUT2D eigenvalue weighted by atomic mass is 9.63. The fraction of sp³-hybridized carbons (Fsp3) is 0.667. The Morgan fingerprint density at radius 2 is 1.50 bits per heavy atom. The third-order valence-electron chi connectivity index (χ3n) is 5.30. The molecule has 0 aliphatic heterocycles. The average molecular weight is 324 g/mol. The normalized spacial score (nSPS) is 21.5. The van der Waals surface area contributed by atoms with Gasteiger partial charge in [0, 0.05) is 14.1 Å². The van der Waals surface area contributed by atoms with E-state index in [9.17, 15) is 8.42 Å². The van der Waals surface area contributed by atoms with Crippen molar-refractivity contribution in [1.29, 1.82) is 0 Å². The van der Waals surface area contributed by atoms with E-state index in [0.29, 0.717) is 0 Å². The first-order chi connectivity index (χ1) is 9.89. The first-order valence-corrected chi connectivity index (χ1v) is 9.46. The highest BCUT2D eigenvalue weighted by molar-refractivity contribution is 7.89. The molecule has 0 aromatic heterocycles. The Morgan fingerprint density at radius 3 is 2.00 bits per heavy atom. The number of fused-ring (bicyclic) bond motifs is 1. The van der Waals surface area contributed by atoms with Crippen LogP contribution in [0.2, 0.25) is 0 Å². The summed E-state index contributed by atoms with van der Waals surface area (Å²) in [5.41, 5.74) is 3.82. The number of nitrogens with zero attached hydrogens (tertiary/aromatic N) is 1. The monoisotopic (exact) mass is 323 g/mol. The van der Waals surface area contributed by atoms with Gasteiger partial charge in [0.1, 0.15) is 0 Å². The van der Waals surface area contributed by atoms with Gasteiger partial charge in [-0.3, -0.25) is 0 Å². The molecule has 0 bridgehead atoms. The van der Waals surface area contributed by atoms with Crippen LogP contribution < -0.4 is 0 Å². The topological polar surface area (TPSA) is 37.4 Å². The summed E-state index contributed by atoms with van der Waals surface area (Å²) in [6, 6.07) is 6.27. The maximum Gasteiger partial charge on any atom is 0.220 e. The summed E-state index contributed by atoms with van der Waals surface area (Å²) in [7, 11) is -0.100. The summed E-state index contributed by atoms with van der Waals surface area (Å²) in [4.78, 5) is 0. The molecule has 0 spiro atoms. The molecule has 22 heavy (non-hydrogen) atoms. The van der Waals surface area contributed by atoms with Gasteiger partial charge >= 0.3 is 0 Å². The van der Waals surface area contributed by atoms with E-state index in [1.54, 1.807) is 21.0 Å². The van der Waals surface area contributed by atoms with Gasteiger partial charge in [-0.15, -0.1) is 0 Å². The van der Waals surface area contributed by atoms with Crippen molar-refractivity contribution >= 4 is 10.0 Å². The van der Waals surface area contributed by atoms with Crippen molar-refractivity contribution in [2.75, 3.05) is 14.1 Å². The summed E-state index contributed by atoms with van der Waals surface area (Å²) in [6.45, 7) is 10.9. The summed E-state index contributed by atoms with van der Waals surface area (Å²) in [5.74, 6) is 0. The molecule has 3 nitrogen and oxygen atoms in total. The molecular weight excluding hydrogens is 294 g/mol. The number of benzene rings is 1.